The van der Waals surface area contributed by atoms with Crippen LogP contribution >= 0.6 is 0 Å². The van der Waals surface area contributed by atoms with Gasteiger partial charge in [-0.25, -0.2) is 4.79 Å². The van der Waals surface area contributed by atoms with Gasteiger partial charge in [-0.1, -0.05) is 6.07 Å². The molecular weight excluding hydrogens is 318 g/mol. The first kappa shape index (κ1) is 18.0. The summed E-state index contributed by atoms with van der Waals surface area (Å²) in [5, 5.41) is 25.6. The monoisotopic (exact) mass is 337 g/mol. The largest absolute Gasteiger partial charge is 0.444 e. The minimum Gasteiger partial charge on any atom is -0.444 e. The predicted molar refractivity (Wildman–Crippen MR) is 93.7 cm³/mol. The first-order valence-corrected chi connectivity index (χ1v) is 7.73. The fourth-order valence-electron chi connectivity index (χ4n) is 2.16. The number of hydrogen-bond acceptors (Lipinski definition) is 6. The Bertz CT molecular complexity index is 858. The van der Waals surface area contributed by atoms with Crippen molar-refractivity contribution in [3.63, 3.8) is 0 Å². The van der Waals surface area contributed by atoms with Crippen molar-refractivity contribution >= 4 is 22.6 Å². The van der Waals surface area contributed by atoms with Gasteiger partial charge in [0.2, 0.25) is 0 Å². The number of nitrogens with zero attached hydrogens (tertiary/aromatic N) is 3. The van der Waals surface area contributed by atoms with E-state index in [-0.39, 0.29) is 6.54 Å². The number of pyridine rings is 1. The summed E-state index contributed by atoms with van der Waals surface area (Å²) in [6.07, 6.45) is 2.68. The topological polar surface area (TPSA) is 111 Å². The lowest BCUT2D eigenvalue weighted by molar-refractivity contribution is 0.0527. The van der Waals surface area contributed by atoms with Gasteiger partial charge in [0.15, 0.2) is 0 Å². The summed E-state index contributed by atoms with van der Waals surface area (Å²) < 4.78 is 5.15. The number of anilines is 1. The molecule has 1 amide bonds. The molecule has 1 aromatic heterocycles. The first-order chi connectivity index (χ1) is 11.8. The molecule has 0 aliphatic rings. The van der Waals surface area contributed by atoms with Crippen molar-refractivity contribution in [2.75, 3.05) is 11.9 Å². The van der Waals surface area contributed by atoms with Crippen LogP contribution in [0.2, 0.25) is 0 Å². The number of nitrogens with one attached hydrogen (secondary N) is 2. The van der Waals surface area contributed by atoms with Gasteiger partial charge >= 0.3 is 6.09 Å². The van der Waals surface area contributed by atoms with E-state index in [2.05, 4.69) is 27.8 Å². The highest BCUT2D eigenvalue weighted by molar-refractivity contribution is 5.94. The van der Waals surface area contributed by atoms with Gasteiger partial charge in [0.25, 0.3) is 0 Å². The van der Waals surface area contributed by atoms with Gasteiger partial charge in [-0.3, -0.25) is 4.98 Å². The van der Waals surface area contributed by atoms with Crippen LogP contribution in [0.15, 0.2) is 30.6 Å². The van der Waals surface area contributed by atoms with Gasteiger partial charge in [0.1, 0.15) is 11.6 Å². The van der Waals surface area contributed by atoms with Crippen LogP contribution in [-0.2, 0) is 4.74 Å². The van der Waals surface area contributed by atoms with E-state index in [4.69, 9.17) is 10.00 Å². The SMILES string of the molecule is CC(C)(C)OC(=O)NCC(C#N)Nc1cncc2ccc(C#N)cc12. The number of fused-ring (bicyclic) bond motifs is 1. The molecular formula is C18H19N5O2. The summed E-state index contributed by atoms with van der Waals surface area (Å²) in [6, 6.07) is 8.74. The summed E-state index contributed by atoms with van der Waals surface area (Å²) in [5.74, 6) is 0. The quantitative estimate of drug-likeness (QED) is 0.887. The fourth-order valence-corrected chi connectivity index (χ4v) is 2.16. The summed E-state index contributed by atoms with van der Waals surface area (Å²) in [4.78, 5) is 15.8. The van der Waals surface area contributed by atoms with E-state index >= 15 is 0 Å². The number of nitriles is 2. The Kier molecular flexibility index (Phi) is 5.41. The van der Waals surface area contributed by atoms with E-state index in [0.29, 0.717) is 11.3 Å². The van der Waals surface area contributed by atoms with E-state index in [1.54, 1.807) is 51.4 Å². The number of carbonyl (C=O) groups excluding carboxylic acids is 1. The van der Waals surface area contributed by atoms with Crippen LogP contribution in [-0.4, -0.2) is 29.3 Å². The van der Waals surface area contributed by atoms with E-state index in [0.717, 1.165) is 10.8 Å². The van der Waals surface area contributed by atoms with Gasteiger partial charge in [-0.2, -0.15) is 10.5 Å². The highest BCUT2D eigenvalue weighted by atomic mass is 16.6. The average Bonchev–Trinajstić information content (AvgIpc) is 2.56. The van der Waals surface area contributed by atoms with E-state index in [9.17, 15) is 10.1 Å². The molecule has 1 unspecified atom stereocenters. The fraction of sp³-hybridized carbons (Fsp3) is 0.333. The lowest BCUT2D eigenvalue weighted by atomic mass is 10.1. The molecule has 2 rings (SSSR count). The Hall–Kier alpha value is -3.32. The van der Waals surface area contributed by atoms with Gasteiger partial charge in [0, 0.05) is 17.0 Å². The molecule has 1 heterocycles. The molecule has 0 saturated heterocycles. The number of carbonyl (C=O) groups is 1. The third kappa shape index (κ3) is 5.08. The molecule has 1 atom stereocenters. The molecule has 0 bridgehead atoms. The predicted octanol–water partition coefficient (Wildman–Crippen LogP) is 2.94. The maximum atomic E-state index is 11.7. The highest BCUT2D eigenvalue weighted by Gasteiger charge is 2.17. The second kappa shape index (κ2) is 7.50. The summed E-state index contributed by atoms with van der Waals surface area (Å²) in [6.45, 7) is 5.36. The number of hydrogen-bond donors (Lipinski definition) is 2. The lowest BCUT2D eigenvalue weighted by Crippen LogP contribution is -2.39. The van der Waals surface area contributed by atoms with Crippen LogP contribution in [0.4, 0.5) is 10.5 Å². The van der Waals surface area contributed by atoms with E-state index in [1.807, 2.05) is 0 Å². The highest BCUT2D eigenvalue weighted by Crippen LogP contribution is 2.23. The minimum absolute atomic E-state index is 0.0692. The Morgan fingerprint density at radius 1 is 1.32 bits per heavy atom. The smallest absolute Gasteiger partial charge is 0.407 e. The zero-order valence-electron chi connectivity index (χ0n) is 14.3. The maximum Gasteiger partial charge on any atom is 0.407 e. The third-order valence-electron chi connectivity index (χ3n) is 3.22. The van der Waals surface area contributed by atoms with Gasteiger partial charge < -0.3 is 15.4 Å². The summed E-state index contributed by atoms with van der Waals surface area (Å²) in [5.41, 5.74) is 0.529. The van der Waals surface area contributed by atoms with Crippen LogP contribution in [0.1, 0.15) is 26.3 Å². The van der Waals surface area contributed by atoms with E-state index in [1.165, 1.54) is 0 Å². The second-order valence-corrected chi connectivity index (χ2v) is 6.44. The van der Waals surface area contributed by atoms with Crippen LogP contribution in [0.5, 0.6) is 0 Å². The number of benzene rings is 1. The summed E-state index contributed by atoms with van der Waals surface area (Å²) >= 11 is 0. The Morgan fingerprint density at radius 2 is 2.08 bits per heavy atom. The normalized spacial score (nSPS) is 11.9. The van der Waals surface area contributed by atoms with Crippen molar-refractivity contribution < 1.29 is 9.53 Å². The Morgan fingerprint density at radius 3 is 2.72 bits per heavy atom. The van der Waals surface area contributed by atoms with Gasteiger partial charge in [0.05, 0.1) is 36.1 Å². The number of alkyl carbamates (subject to hydrolysis) is 1. The number of aromatic nitrogens is 1. The Balaban J connectivity index is 2.12. The van der Waals surface area contributed by atoms with Gasteiger partial charge in [-0.15, -0.1) is 0 Å². The average molecular weight is 337 g/mol. The third-order valence-corrected chi connectivity index (χ3v) is 3.22. The van der Waals surface area contributed by atoms with Crippen LogP contribution in [0.25, 0.3) is 10.8 Å². The lowest BCUT2D eigenvalue weighted by Gasteiger charge is -2.21. The van der Waals surface area contributed by atoms with Crippen molar-refractivity contribution in [1.29, 1.82) is 10.5 Å². The van der Waals surface area contributed by atoms with Crippen molar-refractivity contribution in [2.45, 2.75) is 32.4 Å². The molecule has 2 N–H and O–H groups in total. The summed E-state index contributed by atoms with van der Waals surface area (Å²) in [7, 11) is 0. The standard InChI is InChI=1S/C18H19N5O2/c1-18(2,3)25-17(24)22-10-14(8-20)23-16-11-21-9-13-5-4-12(7-19)6-15(13)16/h4-6,9,11,14,23H,10H2,1-3H3,(H,22,24). The van der Waals surface area contributed by atoms with Crippen molar-refractivity contribution in [3.05, 3.63) is 36.2 Å². The molecule has 0 radical (unpaired) electrons. The second-order valence-electron chi connectivity index (χ2n) is 6.44. The molecule has 0 aliphatic heterocycles. The number of ether oxygens (including phenoxy) is 1. The first-order valence-electron chi connectivity index (χ1n) is 7.73. The van der Waals surface area contributed by atoms with Crippen LogP contribution in [0.3, 0.4) is 0 Å². The van der Waals surface area contributed by atoms with Crippen molar-refractivity contribution in [1.82, 2.24) is 10.3 Å². The zero-order chi connectivity index (χ0) is 18.4. The van der Waals surface area contributed by atoms with Crippen molar-refractivity contribution in [2.24, 2.45) is 0 Å². The Labute approximate surface area is 146 Å². The zero-order valence-corrected chi connectivity index (χ0v) is 14.3. The molecule has 1 aromatic carbocycles. The minimum atomic E-state index is -0.675. The molecule has 128 valence electrons. The van der Waals surface area contributed by atoms with Crippen LogP contribution < -0.4 is 10.6 Å². The number of amides is 1. The molecule has 2 aromatic rings. The maximum absolute atomic E-state index is 11.7. The molecule has 0 aliphatic carbocycles. The molecule has 7 nitrogen and oxygen atoms in total. The molecule has 0 spiro atoms. The molecule has 0 saturated carbocycles. The van der Waals surface area contributed by atoms with Crippen LogP contribution in [0, 0.1) is 22.7 Å². The molecule has 0 fully saturated rings. The molecule has 25 heavy (non-hydrogen) atoms. The van der Waals surface area contributed by atoms with E-state index < -0.39 is 17.7 Å². The van der Waals surface area contributed by atoms with Crippen molar-refractivity contribution in [3.8, 4) is 12.1 Å². The van der Waals surface area contributed by atoms with Gasteiger partial charge in [-0.05, 0) is 32.9 Å². The number of rotatable bonds is 4. The molecule has 7 heteroatoms.